The fraction of sp³-hybridized carbons (Fsp3) is 0.294. The number of nitrogens with one attached hydrogen (secondary N) is 1. The predicted molar refractivity (Wildman–Crippen MR) is 83.5 cm³/mol. The van der Waals surface area contributed by atoms with Crippen molar-refractivity contribution in [3.8, 4) is 0 Å². The average molecular weight is 254 g/mol. The summed E-state index contributed by atoms with van der Waals surface area (Å²) in [5.41, 5.74) is 10.5. The van der Waals surface area contributed by atoms with E-state index in [4.69, 9.17) is 5.73 Å². The fourth-order valence-corrected chi connectivity index (χ4v) is 2.18. The van der Waals surface area contributed by atoms with Crippen LogP contribution in [0.4, 0.5) is 11.4 Å². The van der Waals surface area contributed by atoms with E-state index in [1.807, 2.05) is 19.2 Å². The summed E-state index contributed by atoms with van der Waals surface area (Å²) in [6.07, 6.45) is 4.73. The highest BCUT2D eigenvalue weighted by Crippen LogP contribution is 2.13. The Bertz CT molecular complexity index is 486. The van der Waals surface area contributed by atoms with Gasteiger partial charge >= 0.3 is 0 Å². The third-order valence-corrected chi connectivity index (χ3v) is 3.40. The Balaban J connectivity index is 1.72. The Hall–Kier alpha value is -1.96. The van der Waals surface area contributed by atoms with E-state index in [-0.39, 0.29) is 0 Å². The third kappa shape index (κ3) is 4.32. The maximum atomic E-state index is 5.68. The van der Waals surface area contributed by atoms with Crippen LogP contribution in [-0.4, -0.2) is 7.05 Å². The normalized spacial score (nSPS) is 10.4. The van der Waals surface area contributed by atoms with Crippen molar-refractivity contribution in [3.05, 3.63) is 59.7 Å². The van der Waals surface area contributed by atoms with Gasteiger partial charge in [-0.2, -0.15) is 0 Å². The quantitative estimate of drug-likeness (QED) is 0.606. The first-order valence-electron chi connectivity index (χ1n) is 6.89. The van der Waals surface area contributed by atoms with E-state index in [0.717, 1.165) is 18.5 Å². The molecule has 3 N–H and O–H groups in total. The van der Waals surface area contributed by atoms with Crippen molar-refractivity contribution < 1.29 is 0 Å². The molecule has 0 aromatic heterocycles. The second kappa shape index (κ2) is 6.83. The molecule has 0 fully saturated rings. The minimum atomic E-state index is 0.841. The molecule has 0 unspecified atom stereocenters. The Morgan fingerprint density at radius 3 is 1.74 bits per heavy atom. The van der Waals surface area contributed by atoms with Crippen LogP contribution in [0.2, 0.25) is 0 Å². The largest absolute Gasteiger partial charge is 0.399 e. The molecule has 0 heterocycles. The Morgan fingerprint density at radius 1 is 0.789 bits per heavy atom. The van der Waals surface area contributed by atoms with Crippen molar-refractivity contribution in [1.29, 1.82) is 0 Å². The van der Waals surface area contributed by atoms with Gasteiger partial charge in [0.2, 0.25) is 0 Å². The molecule has 2 aromatic carbocycles. The van der Waals surface area contributed by atoms with Crippen LogP contribution < -0.4 is 11.1 Å². The highest BCUT2D eigenvalue weighted by molar-refractivity contribution is 5.43. The minimum absolute atomic E-state index is 0.841. The molecule has 0 aliphatic heterocycles. The number of unbranched alkanes of at least 4 members (excludes halogenated alkanes) is 1. The van der Waals surface area contributed by atoms with Crippen molar-refractivity contribution in [3.63, 3.8) is 0 Å². The lowest BCUT2D eigenvalue weighted by Gasteiger charge is -2.05. The van der Waals surface area contributed by atoms with Gasteiger partial charge in [-0.15, -0.1) is 0 Å². The molecule has 0 saturated carbocycles. The molecule has 2 nitrogen and oxygen atoms in total. The second-order valence-corrected chi connectivity index (χ2v) is 4.90. The van der Waals surface area contributed by atoms with Crippen LogP contribution in [0.25, 0.3) is 0 Å². The number of hydrogen-bond acceptors (Lipinski definition) is 2. The molecule has 2 heteroatoms. The molecule has 0 radical (unpaired) electrons. The van der Waals surface area contributed by atoms with Crippen molar-refractivity contribution >= 4 is 11.4 Å². The summed E-state index contributed by atoms with van der Waals surface area (Å²) in [4.78, 5) is 0. The fourth-order valence-electron chi connectivity index (χ4n) is 2.18. The summed E-state index contributed by atoms with van der Waals surface area (Å²) in [6.45, 7) is 0. The first kappa shape index (κ1) is 13.5. The zero-order valence-electron chi connectivity index (χ0n) is 11.5. The van der Waals surface area contributed by atoms with Gasteiger partial charge in [0.15, 0.2) is 0 Å². The molecule has 0 spiro atoms. The second-order valence-electron chi connectivity index (χ2n) is 4.90. The molecule has 0 atom stereocenters. The molecule has 0 bridgehead atoms. The van der Waals surface area contributed by atoms with Gasteiger partial charge in [-0.3, -0.25) is 0 Å². The summed E-state index contributed by atoms with van der Waals surface area (Å²) in [7, 11) is 1.95. The lowest BCUT2D eigenvalue weighted by atomic mass is 10.0. The number of nitrogens with two attached hydrogens (primary N) is 1. The number of anilines is 2. The van der Waals surface area contributed by atoms with E-state index in [1.54, 1.807) is 0 Å². The highest BCUT2D eigenvalue weighted by Gasteiger charge is 1.96. The Kier molecular flexibility index (Phi) is 4.85. The van der Waals surface area contributed by atoms with Gasteiger partial charge in [0.25, 0.3) is 0 Å². The summed E-state index contributed by atoms with van der Waals surface area (Å²) < 4.78 is 0. The maximum absolute atomic E-state index is 5.68. The minimum Gasteiger partial charge on any atom is -0.399 e. The van der Waals surface area contributed by atoms with Crippen LogP contribution >= 0.6 is 0 Å². The Morgan fingerprint density at radius 2 is 1.26 bits per heavy atom. The van der Waals surface area contributed by atoms with Gasteiger partial charge in [0, 0.05) is 18.4 Å². The Labute approximate surface area is 115 Å². The van der Waals surface area contributed by atoms with E-state index in [9.17, 15) is 0 Å². The van der Waals surface area contributed by atoms with E-state index < -0.39 is 0 Å². The standard InChI is InChI=1S/C17H22N2/c1-19-17-12-8-15(9-13-17)5-3-2-4-14-6-10-16(18)11-7-14/h6-13,19H,2-5,18H2,1H3. The van der Waals surface area contributed by atoms with Gasteiger partial charge in [-0.25, -0.2) is 0 Å². The van der Waals surface area contributed by atoms with Crippen LogP contribution in [0.15, 0.2) is 48.5 Å². The molecule has 0 saturated heterocycles. The van der Waals surface area contributed by atoms with Crippen LogP contribution in [-0.2, 0) is 12.8 Å². The van der Waals surface area contributed by atoms with E-state index in [2.05, 4.69) is 41.7 Å². The van der Waals surface area contributed by atoms with Crippen molar-refractivity contribution in [2.45, 2.75) is 25.7 Å². The predicted octanol–water partition coefficient (Wildman–Crippen LogP) is 3.88. The summed E-state index contributed by atoms with van der Waals surface area (Å²) in [5, 5.41) is 3.14. The zero-order chi connectivity index (χ0) is 13.5. The number of rotatable bonds is 6. The topological polar surface area (TPSA) is 38.0 Å². The van der Waals surface area contributed by atoms with Crippen LogP contribution in [0.3, 0.4) is 0 Å². The number of nitrogen functional groups attached to an aromatic ring is 1. The summed E-state index contributed by atoms with van der Waals surface area (Å²) >= 11 is 0. The van der Waals surface area contributed by atoms with Gasteiger partial charge in [-0.1, -0.05) is 24.3 Å². The molecular formula is C17H22N2. The number of benzene rings is 2. The lowest BCUT2D eigenvalue weighted by Crippen LogP contribution is -1.92. The summed E-state index contributed by atoms with van der Waals surface area (Å²) in [6, 6.07) is 16.9. The molecule has 100 valence electrons. The first-order chi connectivity index (χ1) is 9.28. The lowest BCUT2D eigenvalue weighted by molar-refractivity contribution is 0.734. The molecule has 0 aliphatic rings. The van der Waals surface area contributed by atoms with Crippen molar-refractivity contribution in [1.82, 2.24) is 0 Å². The molecule has 0 aliphatic carbocycles. The zero-order valence-corrected chi connectivity index (χ0v) is 11.5. The highest BCUT2D eigenvalue weighted by atomic mass is 14.8. The maximum Gasteiger partial charge on any atom is 0.0337 e. The first-order valence-corrected chi connectivity index (χ1v) is 6.89. The molecular weight excluding hydrogens is 232 g/mol. The van der Waals surface area contributed by atoms with Crippen LogP contribution in [0, 0.1) is 0 Å². The van der Waals surface area contributed by atoms with Gasteiger partial charge in [0.05, 0.1) is 0 Å². The van der Waals surface area contributed by atoms with Crippen molar-refractivity contribution in [2.24, 2.45) is 0 Å². The van der Waals surface area contributed by atoms with Gasteiger partial charge in [-0.05, 0) is 61.1 Å². The van der Waals surface area contributed by atoms with E-state index in [0.29, 0.717) is 0 Å². The molecule has 19 heavy (non-hydrogen) atoms. The van der Waals surface area contributed by atoms with Crippen LogP contribution in [0.5, 0.6) is 0 Å². The third-order valence-electron chi connectivity index (χ3n) is 3.40. The molecule has 0 amide bonds. The van der Waals surface area contributed by atoms with Crippen molar-refractivity contribution in [2.75, 3.05) is 18.1 Å². The van der Waals surface area contributed by atoms with Gasteiger partial charge < -0.3 is 11.1 Å². The summed E-state index contributed by atoms with van der Waals surface area (Å²) in [5.74, 6) is 0. The molecule has 2 rings (SSSR count). The van der Waals surface area contributed by atoms with Crippen LogP contribution in [0.1, 0.15) is 24.0 Å². The van der Waals surface area contributed by atoms with Gasteiger partial charge in [0.1, 0.15) is 0 Å². The van der Waals surface area contributed by atoms with E-state index in [1.165, 1.54) is 29.7 Å². The monoisotopic (exact) mass is 254 g/mol. The number of aryl methyl sites for hydroxylation is 2. The number of hydrogen-bond donors (Lipinski definition) is 2. The molecule has 2 aromatic rings. The van der Waals surface area contributed by atoms with E-state index >= 15 is 0 Å². The smallest absolute Gasteiger partial charge is 0.0337 e. The SMILES string of the molecule is CNc1ccc(CCCCc2ccc(N)cc2)cc1. The average Bonchev–Trinajstić information content (AvgIpc) is 2.46.